The number of fused-ring (bicyclic) bond motifs is 3. The predicted molar refractivity (Wildman–Crippen MR) is 130 cm³/mol. The van der Waals surface area contributed by atoms with Gasteiger partial charge in [0.15, 0.2) is 0 Å². The van der Waals surface area contributed by atoms with E-state index in [1.165, 1.54) is 19.2 Å². The fourth-order valence-electron chi connectivity index (χ4n) is 5.52. The molecule has 3 atom stereocenters. The van der Waals surface area contributed by atoms with E-state index < -0.39 is 21.8 Å². The highest BCUT2D eigenvalue weighted by atomic mass is 32.2. The van der Waals surface area contributed by atoms with E-state index in [2.05, 4.69) is 16.5 Å². The number of nitrogens with zero attached hydrogens (tertiary/aromatic N) is 1. The Labute approximate surface area is 205 Å². The minimum absolute atomic E-state index is 0.0178. The third-order valence-electron chi connectivity index (χ3n) is 7.46. The minimum atomic E-state index is -4.12. The number of rotatable bonds is 7. The van der Waals surface area contributed by atoms with Crippen LogP contribution in [0.15, 0.2) is 35.2 Å². The standard InChI is InChI=1S/C26H31FN2O5S/c1-3-29-10-4-5-16(14-29)11-17-12-19(27)6-9-23(17)35(31,32)28-22-8-7-20-21-13-18(21)15-34-25(20)24(22)26(30)33-2/h6-9,12,16,18,21,28H,3-5,10-11,13-15H2,1-2H3. The molecule has 9 heteroatoms. The average molecular weight is 503 g/mol. The molecule has 2 fully saturated rings. The van der Waals surface area contributed by atoms with Crippen LogP contribution in [-0.2, 0) is 21.2 Å². The number of nitrogens with one attached hydrogen (secondary N) is 1. The van der Waals surface area contributed by atoms with Crippen LogP contribution in [0.2, 0.25) is 0 Å². The number of esters is 1. The highest BCUT2D eigenvalue weighted by Gasteiger charge is 2.45. The van der Waals surface area contributed by atoms with Gasteiger partial charge in [0.05, 0.1) is 24.3 Å². The molecule has 188 valence electrons. The molecular weight excluding hydrogens is 471 g/mol. The van der Waals surface area contributed by atoms with Crippen molar-refractivity contribution in [2.75, 3.05) is 38.1 Å². The minimum Gasteiger partial charge on any atom is -0.492 e. The molecule has 3 unspecified atom stereocenters. The first-order chi connectivity index (χ1) is 16.8. The number of anilines is 1. The number of ether oxygens (including phenoxy) is 2. The summed E-state index contributed by atoms with van der Waals surface area (Å²) in [7, 11) is -2.86. The highest BCUT2D eigenvalue weighted by Crippen LogP contribution is 2.55. The second kappa shape index (κ2) is 9.43. The molecule has 2 aromatic rings. The van der Waals surface area contributed by atoms with Crippen LogP contribution in [0.25, 0.3) is 0 Å². The van der Waals surface area contributed by atoms with Crippen LogP contribution in [0.1, 0.15) is 53.6 Å². The van der Waals surface area contributed by atoms with Crippen molar-refractivity contribution in [3.05, 3.63) is 52.8 Å². The maximum absolute atomic E-state index is 14.2. The van der Waals surface area contributed by atoms with Crippen LogP contribution in [0.3, 0.4) is 0 Å². The molecule has 2 aromatic carbocycles. The summed E-state index contributed by atoms with van der Waals surface area (Å²) in [6, 6.07) is 7.17. The number of carbonyl (C=O) groups excluding carboxylic acids is 1. The second-order valence-corrected chi connectivity index (χ2v) is 11.4. The number of likely N-dealkylation sites (tertiary alicyclic amines) is 1. The van der Waals surface area contributed by atoms with Gasteiger partial charge in [0.1, 0.15) is 17.1 Å². The van der Waals surface area contributed by atoms with Crippen molar-refractivity contribution in [2.45, 2.75) is 43.4 Å². The zero-order valence-corrected chi connectivity index (χ0v) is 20.9. The van der Waals surface area contributed by atoms with Gasteiger partial charge in [0.2, 0.25) is 0 Å². The summed E-state index contributed by atoms with van der Waals surface area (Å²) in [4.78, 5) is 15.0. The van der Waals surface area contributed by atoms with Gasteiger partial charge in [0.25, 0.3) is 10.0 Å². The quantitative estimate of drug-likeness (QED) is 0.572. The summed E-state index contributed by atoms with van der Waals surface area (Å²) in [6.07, 6.45) is 3.46. The summed E-state index contributed by atoms with van der Waals surface area (Å²) in [5.74, 6) is 0.263. The lowest BCUT2D eigenvalue weighted by atomic mass is 9.91. The Morgan fingerprint density at radius 2 is 2.11 bits per heavy atom. The molecule has 2 aliphatic heterocycles. The molecule has 2 heterocycles. The third kappa shape index (κ3) is 4.76. The number of piperidine rings is 1. The molecule has 35 heavy (non-hydrogen) atoms. The Kier molecular flexibility index (Phi) is 6.48. The van der Waals surface area contributed by atoms with E-state index in [4.69, 9.17) is 9.47 Å². The molecule has 0 spiro atoms. The molecule has 0 amide bonds. The van der Waals surface area contributed by atoms with Crippen LogP contribution in [0, 0.1) is 17.7 Å². The molecule has 0 bridgehead atoms. The lowest BCUT2D eigenvalue weighted by Gasteiger charge is -2.32. The van der Waals surface area contributed by atoms with Crippen LogP contribution >= 0.6 is 0 Å². The Hall–Kier alpha value is -2.65. The van der Waals surface area contributed by atoms with Crippen molar-refractivity contribution in [2.24, 2.45) is 11.8 Å². The van der Waals surface area contributed by atoms with E-state index in [-0.39, 0.29) is 22.1 Å². The van der Waals surface area contributed by atoms with Crippen molar-refractivity contribution in [3.8, 4) is 5.75 Å². The average Bonchev–Trinajstić information content (AvgIpc) is 3.63. The van der Waals surface area contributed by atoms with E-state index in [1.54, 1.807) is 6.07 Å². The molecule has 1 saturated heterocycles. The Morgan fingerprint density at radius 1 is 1.29 bits per heavy atom. The fourth-order valence-corrected chi connectivity index (χ4v) is 6.83. The van der Waals surface area contributed by atoms with Gasteiger partial charge in [-0.2, -0.15) is 0 Å². The second-order valence-electron chi connectivity index (χ2n) is 9.77. The van der Waals surface area contributed by atoms with Gasteiger partial charge in [0, 0.05) is 12.5 Å². The van der Waals surface area contributed by atoms with Crippen molar-refractivity contribution in [3.63, 3.8) is 0 Å². The van der Waals surface area contributed by atoms with Crippen molar-refractivity contribution < 1.29 is 27.1 Å². The number of sulfonamides is 1. The largest absolute Gasteiger partial charge is 0.492 e. The van der Waals surface area contributed by atoms with Crippen LogP contribution in [-0.4, -0.2) is 52.6 Å². The molecule has 3 aliphatic rings. The lowest BCUT2D eigenvalue weighted by Crippen LogP contribution is -2.36. The van der Waals surface area contributed by atoms with Gasteiger partial charge < -0.3 is 14.4 Å². The first kappa shape index (κ1) is 24.1. The number of methoxy groups -OCH3 is 1. The fraction of sp³-hybridized carbons (Fsp3) is 0.500. The van der Waals surface area contributed by atoms with E-state index in [1.807, 2.05) is 6.07 Å². The lowest BCUT2D eigenvalue weighted by molar-refractivity contribution is 0.0596. The van der Waals surface area contributed by atoms with Gasteiger partial charge in [-0.25, -0.2) is 17.6 Å². The molecule has 7 nitrogen and oxygen atoms in total. The van der Waals surface area contributed by atoms with Crippen LogP contribution in [0.5, 0.6) is 5.75 Å². The smallest absolute Gasteiger partial charge is 0.343 e. The first-order valence-corrected chi connectivity index (χ1v) is 13.7. The van der Waals surface area contributed by atoms with Crippen molar-refractivity contribution >= 4 is 21.7 Å². The maximum atomic E-state index is 14.2. The maximum Gasteiger partial charge on any atom is 0.343 e. The number of carbonyl (C=O) groups is 1. The van der Waals surface area contributed by atoms with E-state index in [0.717, 1.165) is 50.5 Å². The predicted octanol–water partition coefficient (Wildman–Crippen LogP) is 4.18. The Balaban J connectivity index is 1.48. The third-order valence-corrected chi connectivity index (χ3v) is 8.92. The normalized spacial score (nSPS) is 23.6. The summed E-state index contributed by atoms with van der Waals surface area (Å²) < 4.78 is 54.7. The Morgan fingerprint density at radius 3 is 2.89 bits per heavy atom. The van der Waals surface area contributed by atoms with Crippen molar-refractivity contribution in [1.29, 1.82) is 0 Å². The van der Waals surface area contributed by atoms with Gasteiger partial charge >= 0.3 is 5.97 Å². The molecule has 1 saturated carbocycles. The molecule has 1 aliphatic carbocycles. The molecule has 0 radical (unpaired) electrons. The Bertz CT molecular complexity index is 1250. The van der Waals surface area contributed by atoms with Gasteiger partial charge in [-0.15, -0.1) is 0 Å². The van der Waals surface area contributed by atoms with Crippen LogP contribution in [0.4, 0.5) is 10.1 Å². The van der Waals surface area contributed by atoms with E-state index in [0.29, 0.717) is 36.2 Å². The summed E-state index contributed by atoms with van der Waals surface area (Å²) in [6.45, 7) is 5.42. The SMILES string of the molecule is CCN1CCCC(Cc2cc(F)ccc2S(=O)(=O)Nc2ccc3c(c2C(=O)OC)OCC2CC32)C1. The topological polar surface area (TPSA) is 84.9 Å². The number of benzene rings is 2. The number of hydrogen-bond donors (Lipinski definition) is 1. The number of halogens is 1. The van der Waals surface area contributed by atoms with Crippen LogP contribution < -0.4 is 9.46 Å². The monoisotopic (exact) mass is 502 g/mol. The van der Waals surface area contributed by atoms with Gasteiger partial charge in [-0.1, -0.05) is 13.0 Å². The first-order valence-electron chi connectivity index (χ1n) is 12.2. The summed E-state index contributed by atoms with van der Waals surface area (Å²) in [5, 5.41) is 0. The molecule has 5 rings (SSSR count). The molecule has 0 aromatic heterocycles. The zero-order chi connectivity index (χ0) is 24.7. The van der Waals surface area contributed by atoms with Gasteiger partial charge in [-0.05, 0) is 86.0 Å². The van der Waals surface area contributed by atoms with Crippen molar-refractivity contribution in [1.82, 2.24) is 4.90 Å². The molecule has 1 N–H and O–H groups in total. The zero-order valence-electron chi connectivity index (χ0n) is 20.1. The highest BCUT2D eigenvalue weighted by molar-refractivity contribution is 7.92. The number of hydrogen-bond acceptors (Lipinski definition) is 6. The van der Waals surface area contributed by atoms with E-state index >= 15 is 0 Å². The van der Waals surface area contributed by atoms with E-state index in [9.17, 15) is 17.6 Å². The summed E-state index contributed by atoms with van der Waals surface area (Å²) >= 11 is 0. The summed E-state index contributed by atoms with van der Waals surface area (Å²) in [5.41, 5.74) is 1.52. The molecular formula is C26H31FN2O5S. The van der Waals surface area contributed by atoms with Gasteiger partial charge in [-0.3, -0.25) is 4.72 Å².